The summed E-state index contributed by atoms with van der Waals surface area (Å²) >= 11 is 0. The van der Waals surface area contributed by atoms with Crippen molar-refractivity contribution in [2.75, 3.05) is 7.11 Å². The van der Waals surface area contributed by atoms with Crippen molar-refractivity contribution in [3.05, 3.63) is 70.8 Å². The third-order valence-electron chi connectivity index (χ3n) is 3.78. The van der Waals surface area contributed by atoms with E-state index in [1.807, 2.05) is 0 Å². The summed E-state index contributed by atoms with van der Waals surface area (Å²) < 4.78 is 47.0. The molecule has 2 rings (SSSR count). The molecule has 0 bridgehead atoms. The number of carboxylic acids is 1. The Kier molecular flexibility index (Phi) is 7.18. The van der Waals surface area contributed by atoms with Gasteiger partial charge in [0.2, 0.25) is 0 Å². The molecule has 2 N–H and O–H groups in total. The second-order valence-corrected chi connectivity index (χ2v) is 5.86. The lowest BCUT2D eigenvalue weighted by Gasteiger charge is -2.09. The van der Waals surface area contributed by atoms with Crippen molar-refractivity contribution in [2.45, 2.75) is 12.7 Å². The van der Waals surface area contributed by atoms with Gasteiger partial charge >= 0.3 is 24.2 Å². The summed E-state index contributed by atoms with van der Waals surface area (Å²) in [7, 11) is 1.45. The first kappa shape index (κ1) is 22.5. The second kappa shape index (κ2) is 9.59. The lowest BCUT2D eigenvalue weighted by atomic mass is 10.1. The van der Waals surface area contributed by atoms with Crippen molar-refractivity contribution < 1.29 is 42.1 Å². The molecule has 10 heteroatoms. The Balaban J connectivity index is 1.99. The zero-order valence-electron chi connectivity index (χ0n) is 15.5. The largest absolute Gasteiger partial charge is 0.497 e. The fourth-order valence-corrected chi connectivity index (χ4v) is 2.24. The molecule has 2 aromatic carbocycles. The quantitative estimate of drug-likeness (QED) is 0.318. The predicted octanol–water partition coefficient (Wildman–Crippen LogP) is 3.64. The maximum absolute atomic E-state index is 12.5. The van der Waals surface area contributed by atoms with Gasteiger partial charge in [-0.3, -0.25) is 0 Å². The Morgan fingerprint density at radius 3 is 2.13 bits per heavy atom. The fourth-order valence-electron chi connectivity index (χ4n) is 2.24. The van der Waals surface area contributed by atoms with Gasteiger partial charge in [-0.15, -0.1) is 0 Å². The van der Waals surface area contributed by atoms with E-state index in [4.69, 9.17) is 4.74 Å². The van der Waals surface area contributed by atoms with E-state index in [1.54, 1.807) is 12.1 Å². The number of esters is 1. The number of methoxy groups -OCH3 is 1. The minimum Gasteiger partial charge on any atom is -0.497 e. The Bertz CT molecular complexity index is 950. The van der Waals surface area contributed by atoms with Crippen LogP contribution in [-0.4, -0.2) is 30.2 Å². The average Bonchev–Trinajstić information content (AvgIpc) is 2.70. The number of benzene rings is 2. The van der Waals surface area contributed by atoms with E-state index < -0.39 is 35.3 Å². The molecule has 0 aliphatic carbocycles. The molecule has 0 radical (unpaired) electrons. The first-order chi connectivity index (χ1) is 14.1. The molecular weight excluding hydrogens is 407 g/mol. The van der Waals surface area contributed by atoms with Gasteiger partial charge < -0.3 is 19.9 Å². The smallest absolute Gasteiger partial charge is 0.416 e. The van der Waals surface area contributed by atoms with Crippen LogP contribution in [0.4, 0.5) is 18.0 Å². The molecule has 7 nitrogen and oxygen atoms in total. The molecule has 0 unspecified atom stereocenters. The van der Waals surface area contributed by atoms with E-state index in [0.29, 0.717) is 16.9 Å². The number of alkyl carbamates (subject to hydrolysis) is 1. The molecule has 1 amide bonds. The predicted molar refractivity (Wildman–Crippen MR) is 98.4 cm³/mol. The highest BCUT2D eigenvalue weighted by molar-refractivity contribution is 6.18. The Morgan fingerprint density at radius 2 is 1.63 bits per heavy atom. The highest BCUT2D eigenvalue weighted by Gasteiger charge is 2.30. The van der Waals surface area contributed by atoms with Gasteiger partial charge in [-0.1, -0.05) is 24.3 Å². The minimum atomic E-state index is -4.49. The van der Waals surface area contributed by atoms with Gasteiger partial charge in [-0.25, -0.2) is 14.4 Å². The third kappa shape index (κ3) is 6.36. The number of carboxylic acid groups (broad SMARTS) is 1. The summed E-state index contributed by atoms with van der Waals surface area (Å²) in [4.78, 5) is 35.1. The van der Waals surface area contributed by atoms with E-state index in [1.165, 1.54) is 19.2 Å². The summed E-state index contributed by atoms with van der Waals surface area (Å²) in [6, 6.07) is 10.1. The van der Waals surface area contributed by atoms with Gasteiger partial charge in [-0.2, -0.15) is 13.2 Å². The summed E-state index contributed by atoms with van der Waals surface area (Å²) in [5.74, 6) is -2.48. The summed E-state index contributed by atoms with van der Waals surface area (Å²) in [5.41, 5.74) is -0.960. The van der Waals surface area contributed by atoms with E-state index in [9.17, 15) is 32.7 Å². The molecule has 0 aliphatic heterocycles. The van der Waals surface area contributed by atoms with Crippen LogP contribution < -0.4 is 10.1 Å². The van der Waals surface area contributed by atoms with Crippen molar-refractivity contribution in [1.82, 2.24) is 5.32 Å². The van der Waals surface area contributed by atoms with Crippen LogP contribution in [0.25, 0.3) is 6.08 Å². The molecule has 0 aliphatic rings. The van der Waals surface area contributed by atoms with E-state index >= 15 is 0 Å². The molecule has 0 saturated carbocycles. The van der Waals surface area contributed by atoms with E-state index in [0.717, 1.165) is 30.3 Å². The van der Waals surface area contributed by atoms with Gasteiger partial charge in [0.05, 0.1) is 12.7 Å². The average molecular weight is 423 g/mol. The van der Waals surface area contributed by atoms with Gasteiger partial charge in [0.15, 0.2) is 0 Å². The molecule has 30 heavy (non-hydrogen) atoms. The SMILES string of the molecule is COc1ccc(C=C(C(=O)O)C(=O)OC(=O)NCc2ccc(C(F)(F)F)cc2)cc1. The van der Waals surface area contributed by atoms with Crippen molar-refractivity contribution >= 4 is 24.1 Å². The summed E-state index contributed by atoms with van der Waals surface area (Å²) in [5, 5.41) is 11.4. The fraction of sp³-hybridized carbons (Fsp3) is 0.150. The number of carbonyl (C=O) groups is 3. The number of alkyl halides is 3. The number of halogens is 3. The van der Waals surface area contributed by atoms with Crippen molar-refractivity contribution in [3.63, 3.8) is 0 Å². The number of amides is 1. The topological polar surface area (TPSA) is 102 Å². The number of hydrogen-bond donors (Lipinski definition) is 2. The van der Waals surface area contributed by atoms with Crippen LogP contribution in [0.3, 0.4) is 0 Å². The van der Waals surface area contributed by atoms with E-state index in [-0.39, 0.29) is 6.54 Å². The van der Waals surface area contributed by atoms with Gasteiger partial charge in [-0.05, 0) is 41.5 Å². The monoisotopic (exact) mass is 423 g/mol. The minimum absolute atomic E-state index is 0.227. The number of aliphatic carboxylic acids is 1. The molecule has 0 aromatic heterocycles. The van der Waals surface area contributed by atoms with Crippen LogP contribution in [-0.2, 0) is 27.0 Å². The maximum Gasteiger partial charge on any atom is 0.416 e. The van der Waals surface area contributed by atoms with Gasteiger partial charge in [0, 0.05) is 6.54 Å². The molecule has 0 atom stereocenters. The number of hydrogen-bond acceptors (Lipinski definition) is 5. The standard InChI is InChI=1S/C20H16F3NO6/c1-29-15-8-4-12(5-9-15)10-16(17(25)26)18(27)30-19(28)24-11-13-2-6-14(7-3-13)20(21,22)23/h2-10H,11H2,1H3,(H,24,28)(H,25,26). The van der Waals surface area contributed by atoms with Crippen LogP contribution in [0, 0.1) is 0 Å². The molecule has 0 saturated heterocycles. The Morgan fingerprint density at radius 1 is 1.03 bits per heavy atom. The summed E-state index contributed by atoms with van der Waals surface area (Å²) in [6.07, 6.45) is -4.71. The molecular formula is C20H16F3NO6. The number of carbonyl (C=O) groups excluding carboxylic acids is 2. The highest BCUT2D eigenvalue weighted by atomic mass is 19.4. The number of ether oxygens (including phenoxy) is 2. The number of rotatable bonds is 6. The normalized spacial score (nSPS) is 11.5. The lowest BCUT2D eigenvalue weighted by Crippen LogP contribution is -2.28. The first-order valence-corrected chi connectivity index (χ1v) is 8.35. The Hall–Kier alpha value is -3.82. The van der Waals surface area contributed by atoms with Crippen molar-refractivity contribution in [2.24, 2.45) is 0 Å². The van der Waals surface area contributed by atoms with Gasteiger partial charge in [0.25, 0.3) is 0 Å². The third-order valence-corrected chi connectivity index (χ3v) is 3.78. The van der Waals surface area contributed by atoms with Gasteiger partial charge in [0.1, 0.15) is 11.3 Å². The molecule has 0 fully saturated rings. The summed E-state index contributed by atoms with van der Waals surface area (Å²) in [6.45, 7) is -0.227. The van der Waals surface area contributed by atoms with Crippen molar-refractivity contribution in [3.8, 4) is 5.75 Å². The zero-order chi connectivity index (χ0) is 22.3. The van der Waals surface area contributed by atoms with E-state index in [2.05, 4.69) is 10.1 Å². The van der Waals surface area contributed by atoms with Crippen LogP contribution >= 0.6 is 0 Å². The van der Waals surface area contributed by atoms with Crippen LogP contribution in [0.5, 0.6) is 5.75 Å². The first-order valence-electron chi connectivity index (χ1n) is 8.35. The molecule has 158 valence electrons. The molecule has 0 heterocycles. The molecule has 2 aromatic rings. The molecule has 0 spiro atoms. The van der Waals surface area contributed by atoms with Crippen molar-refractivity contribution in [1.29, 1.82) is 0 Å². The number of nitrogens with one attached hydrogen (secondary N) is 1. The zero-order valence-corrected chi connectivity index (χ0v) is 15.5. The highest BCUT2D eigenvalue weighted by Crippen LogP contribution is 2.29. The van der Waals surface area contributed by atoms with Crippen LogP contribution in [0.1, 0.15) is 16.7 Å². The lowest BCUT2D eigenvalue weighted by molar-refractivity contribution is -0.140. The maximum atomic E-state index is 12.5. The second-order valence-electron chi connectivity index (χ2n) is 5.86. The Labute approximate surface area is 168 Å². The van der Waals surface area contributed by atoms with Crippen LogP contribution in [0.2, 0.25) is 0 Å². The van der Waals surface area contributed by atoms with Crippen LogP contribution in [0.15, 0.2) is 54.1 Å².